The van der Waals surface area contributed by atoms with Crippen LogP contribution in [0.2, 0.25) is 0 Å². The normalized spacial score (nSPS) is 32.2. The predicted molar refractivity (Wildman–Crippen MR) is 84.2 cm³/mol. The molecule has 0 aliphatic carbocycles. The minimum absolute atomic E-state index is 0.404. The summed E-state index contributed by atoms with van der Waals surface area (Å²) in [5.41, 5.74) is 12.5. The van der Waals surface area contributed by atoms with Crippen molar-refractivity contribution in [1.82, 2.24) is 20.4 Å². The van der Waals surface area contributed by atoms with Gasteiger partial charge in [0.1, 0.15) is 5.82 Å². The van der Waals surface area contributed by atoms with E-state index in [-0.39, 0.29) is 0 Å². The van der Waals surface area contributed by atoms with Crippen LogP contribution < -0.4 is 22.1 Å². The summed E-state index contributed by atoms with van der Waals surface area (Å²) in [6.45, 7) is 6.18. The van der Waals surface area contributed by atoms with Crippen molar-refractivity contribution >= 4 is 5.96 Å². The van der Waals surface area contributed by atoms with Crippen molar-refractivity contribution in [2.45, 2.75) is 31.6 Å². The molecule has 1 atom stereocenters. The third-order valence-electron chi connectivity index (χ3n) is 4.83. The zero-order valence-electron chi connectivity index (χ0n) is 13.0. The van der Waals surface area contributed by atoms with E-state index >= 15 is 0 Å². The summed E-state index contributed by atoms with van der Waals surface area (Å²) in [7, 11) is 1.97. The fourth-order valence-corrected chi connectivity index (χ4v) is 3.16. The summed E-state index contributed by atoms with van der Waals surface area (Å²) in [5, 5.41) is 6.43. The number of hydrogen-bond acceptors (Lipinski definition) is 7. The molecule has 7 nitrogen and oxygen atoms in total. The smallest absolute Gasteiger partial charge is 0.197 e. The number of likely N-dealkylation sites (N-methyl/N-ethyl adjacent to an activating group) is 1. The highest BCUT2D eigenvalue weighted by atomic mass is 15.5. The van der Waals surface area contributed by atoms with Crippen LogP contribution in [0.25, 0.3) is 0 Å². The van der Waals surface area contributed by atoms with Gasteiger partial charge in [0.25, 0.3) is 0 Å². The number of aliphatic imine (C=N–C) groups is 1. The average molecular weight is 293 g/mol. The Morgan fingerprint density at radius 1 is 1.38 bits per heavy atom. The molecule has 3 aliphatic heterocycles. The van der Waals surface area contributed by atoms with Gasteiger partial charge in [-0.25, -0.2) is 4.99 Å². The van der Waals surface area contributed by atoms with Gasteiger partial charge in [0.2, 0.25) is 0 Å². The van der Waals surface area contributed by atoms with E-state index in [1.807, 2.05) is 13.1 Å². The van der Waals surface area contributed by atoms with Crippen LogP contribution in [-0.2, 0) is 0 Å². The molecule has 0 aromatic rings. The van der Waals surface area contributed by atoms with Crippen molar-refractivity contribution in [3.05, 3.63) is 11.9 Å². The Hall–Kier alpha value is -1.31. The molecule has 118 valence electrons. The molecule has 0 aromatic heterocycles. The highest BCUT2D eigenvalue weighted by Gasteiger charge is 2.41. The maximum Gasteiger partial charge on any atom is 0.197 e. The van der Waals surface area contributed by atoms with Crippen LogP contribution in [-0.4, -0.2) is 60.8 Å². The SMILES string of the molecule is CNC1CN(C2(N)C=C(N3CCC(C)CC3)NC(N)=N2)C1. The molecule has 0 saturated carbocycles. The maximum atomic E-state index is 6.48. The van der Waals surface area contributed by atoms with E-state index in [1.54, 1.807) is 0 Å². The number of hydrogen-bond donors (Lipinski definition) is 4. The van der Waals surface area contributed by atoms with Gasteiger partial charge in [-0.2, -0.15) is 0 Å². The monoisotopic (exact) mass is 293 g/mol. The second-order valence-electron chi connectivity index (χ2n) is 6.49. The lowest BCUT2D eigenvalue weighted by Crippen LogP contribution is -2.69. The van der Waals surface area contributed by atoms with Crippen molar-refractivity contribution in [3.8, 4) is 0 Å². The number of piperidine rings is 1. The quantitative estimate of drug-likeness (QED) is 0.533. The molecular weight excluding hydrogens is 266 g/mol. The molecule has 0 spiro atoms. The second-order valence-corrected chi connectivity index (χ2v) is 6.49. The lowest BCUT2D eigenvalue weighted by Gasteiger charge is -2.48. The third kappa shape index (κ3) is 2.86. The van der Waals surface area contributed by atoms with Crippen LogP contribution in [0, 0.1) is 5.92 Å². The van der Waals surface area contributed by atoms with Gasteiger partial charge in [0, 0.05) is 38.3 Å². The van der Waals surface area contributed by atoms with E-state index in [9.17, 15) is 0 Å². The molecule has 21 heavy (non-hydrogen) atoms. The molecule has 0 radical (unpaired) electrons. The number of guanidine groups is 1. The van der Waals surface area contributed by atoms with Crippen LogP contribution in [0.4, 0.5) is 0 Å². The first-order valence-corrected chi connectivity index (χ1v) is 7.81. The van der Waals surface area contributed by atoms with Gasteiger partial charge in [-0.15, -0.1) is 0 Å². The third-order valence-corrected chi connectivity index (χ3v) is 4.83. The first kappa shape index (κ1) is 14.6. The number of nitrogens with two attached hydrogens (primary N) is 2. The van der Waals surface area contributed by atoms with Gasteiger partial charge in [0.05, 0.1) is 0 Å². The van der Waals surface area contributed by atoms with Crippen molar-refractivity contribution in [3.63, 3.8) is 0 Å². The van der Waals surface area contributed by atoms with Crippen molar-refractivity contribution in [1.29, 1.82) is 0 Å². The van der Waals surface area contributed by atoms with Crippen LogP contribution in [0.5, 0.6) is 0 Å². The molecule has 2 saturated heterocycles. The molecule has 3 heterocycles. The fourth-order valence-electron chi connectivity index (χ4n) is 3.16. The molecule has 7 heteroatoms. The summed E-state index contributed by atoms with van der Waals surface area (Å²) in [4.78, 5) is 8.90. The van der Waals surface area contributed by atoms with Crippen LogP contribution in [0.3, 0.4) is 0 Å². The Bertz CT molecular complexity index is 446. The molecule has 0 bridgehead atoms. The number of nitrogens with one attached hydrogen (secondary N) is 2. The molecule has 6 N–H and O–H groups in total. The Labute approximate surface area is 126 Å². The Kier molecular flexibility index (Phi) is 3.81. The number of likely N-dealkylation sites (tertiary alicyclic amines) is 2. The van der Waals surface area contributed by atoms with Gasteiger partial charge < -0.3 is 21.3 Å². The van der Waals surface area contributed by atoms with Gasteiger partial charge in [-0.05, 0) is 25.8 Å². The summed E-state index contributed by atoms with van der Waals surface area (Å²) in [6, 6.07) is 0.490. The zero-order chi connectivity index (χ0) is 15.0. The molecule has 0 amide bonds. The van der Waals surface area contributed by atoms with Crippen LogP contribution in [0.15, 0.2) is 16.9 Å². The van der Waals surface area contributed by atoms with E-state index < -0.39 is 5.79 Å². The zero-order valence-corrected chi connectivity index (χ0v) is 13.0. The van der Waals surface area contributed by atoms with Gasteiger partial charge in [-0.1, -0.05) is 6.92 Å². The van der Waals surface area contributed by atoms with E-state index in [4.69, 9.17) is 11.5 Å². The molecule has 3 rings (SSSR count). The minimum Gasteiger partial charge on any atom is -0.370 e. The topological polar surface area (TPSA) is 94.9 Å². The van der Waals surface area contributed by atoms with Gasteiger partial charge in [0.15, 0.2) is 11.7 Å². The lowest BCUT2D eigenvalue weighted by molar-refractivity contribution is 0.0385. The summed E-state index contributed by atoms with van der Waals surface area (Å²) in [6.07, 6.45) is 4.43. The Morgan fingerprint density at radius 3 is 2.67 bits per heavy atom. The maximum absolute atomic E-state index is 6.48. The number of nitrogens with zero attached hydrogens (tertiary/aromatic N) is 3. The van der Waals surface area contributed by atoms with Gasteiger partial charge in [-0.3, -0.25) is 10.6 Å². The van der Waals surface area contributed by atoms with Crippen molar-refractivity contribution in [2.24, 2.45) is 22.4 Å². The summed E-state index contributed by atoms with van der Waals surface area (Å²) >= 11 is 0. The lowest BCUT2D eigenvalue weighted by atomic mass is 9.99. The average Bonchev–Trinajstić information content (AvgIpc) is 2.37. The highest BCUT2D eigenvalue weighted by molar-refractivity contribution is 5.81. The van der Waals surface area contributed by atoms with E-state index in [0.717, 1.165) is 37.9 Å². The summed E-state index contributed by atoms with van der Waals surface area (Å²) in [5.74, 6) is 1.39. The van der Waals surface area contributed by atoms with Crippen LogP contribution >= 0.6 is 0 Å². The number of rotatable bonds is 3. The highest BCUT2D eigenvalue weighted by Crippen LogP contribution is 2.26. The molecule has 0 aromatic carbocycles. The fraction of sp³-hybridized carbons (Fsp3) is 0.786. The first-order chi connectivity index (χ1) is 10.00. The van der Waals surface area contributed by atoms with E-state index in [1.165, 1.54) is 12.8 Å². The van der Waals surface area contributed by atoms with E-state index in [2.05, 4.69) is 32.3 Å². The molecule has 3 aliphatic rings. The first-order valence-electron chi connectivity index (χ1n) is 7.81. The Balaban J connectivity index is 1.73. The molecular formula is C14H27N7. The second kappa shape index (κ2) is 5.47. The van der Waals surface area contributed by atoms with E-state index in [0.29, 0.717) is 12.0 Å². The molecule has 1 unspecified atom stereocenters. The van der Waals surface area contributed by atoms with Gasteiger partial charge >= 0.3 is 0 Å². The predicted octanol–water partition coefficient (Wildman–Crippen LogP) is -1.01. The molecule has 2 fully saturated rings. The van der Waals surface area contributed by atoms with Crippen molar-refractivity contribution < 1.29 is 0 Å². The Morgan fingerprint density at radius 2 is 2.05 bits per heavy atom. The van der Waals surface area contributed by atoms with Crippen molar-refractivity contribution in [2.75, 3.05) is 33.2 Å². The van der Waals surface area contributed by atoms with Crippen LogP contribution in [0.1, 0.15) is 19.8 Å². The largest absolute Gasteiger partial charge is 0.370 e. The minimum atomic E-state index is -0.818. The standard InChI is InChI=1S/C14H27N7/c1-10-3-5-20(6-4-10)12-7-14(16,19-13(15)18-12)21-8-11(9-21)17-2/h7,10-11,17H,3-6,8-9,16H2,1-2H3,(H3,15,18,19). The summed E-state index contributed by atoms with van der Waals surface area (Å²) < 4.78 is 0.